The number of hydrogen-bond donors (Lipinski definition) is 1. The van der Waals surface area contributed by atoms with E-state index in [2.05, 4.69) is 12.2 Å². The van der Waals surface area contributed by atoms with Gasteiger partial charge in [0.05, 0.1) is 152 Å². The molecule has 1 aromatic rings. The van der Waals surface area contributed by atoms with Crippen LogP contribution in [0.4, 0.5) is 4.79 Å². The molecule has 1 aromatic carbocycles. The summed E-state index contributed by atoms with van der Waals surface area (Å²) in [7, 11) is 0. The standard InChI is InChI=1S/C36H65NO14/c1-2-3-10-39-12-14-41-16-18-43-20-22-45-24-26-47-28-30-49-32-33-50-31-29-48-27-25-46-23-21-44-19-17-42-15-13-40-11-9-37-36(38)51-34-35-7-5-4-6-8-35/h4-8H,2-3,9-34H2,1H3,(H,37,38). The number of amides is 1. The maximum Gasteiger partial charge on any atom is 0.407 e. The fourth-order valence-electron chi connectivity index (χ4n) is 3.77. The normalized spacial score (nSPS) is 11.3. The highest BCUT2D eigenvalue weighted by molar-refractivity contribution is 5.67. The maximum atomic E-state index is 11.6. The molecule has 298 valence electrons. The lowest BCUT2D eigenvalue weighted by Gasteiger charge is -2.09. The number of carbonyl (C=O) groups is 1. The first kappa shape index (κ1) is 47.0. The molecule has 0 radical (unpaired) electrons. The van der Waals surface area contributed by atoms with Crippen LogP contribution in [0, 0.1) is 0 Å². The summed E-state index contributed by atoms with van der Waals surface area (Å²) in [6.45, 7) is 15.1. The van der Waals surface area contributed by atoms with Gasteiger partial charge in [-0.1, -0.05) is 43.7 Å². The lowest BCUT2D eigenvalue weighted by molar-refractivity contribution is -0.0283. The summed E-state index contributed by atoms with van der Waals surface area (Å²) in [5, 5.41) is 2.64. The molecule has 15 heteroatoms. The van der Waals surface area contributed by atoms with Crippen molar-refractivity contribution in [2.75, 3.05) is 165 Å². The minimum atomic E-state index is -0.469. The van der Waals surface area contributed by atoms with Crippen molar-refractivity contribution in [3.05, 3.63) is 35.9 Å². The molecule has 0 saturated carbocycles. The molecule has 0 heterocycles. The van der Waals surface area contributed by atoms with Crippen LogP contribution in [0.3, 0.4) is 0 Å². The van der Waals surface area contributed by atoms with Gasteiger partial charge in [0.25, 0.3) is 0 Å². The van der Waals surface area contributed by atoms with Crippen LogP contribution in [0.1, 0.15) is 25.3 Å². The molecule has 0 aliphatic carbocycles. The fraction of sp³-hybridized carbons (Fsp3) is 0.806. The second-order valence-electron chi connectivity index (χ2n) is 10.7. The molecule has 1 rings (SSSR count). The molecule has 0 spiro atoms. The third-order valence-corrected chi connectivity index (χ3v) is 6.46. The zero-order valence-electron chi connectivity index (χ0n) is 30.9. The van der Waals surface area contributed by atoms with Gasteiger partial charge in [0.1, 0.15) is 6.61 Å². The molecule has 0 fully saturated rings. The van der Waals surface area contributed by atoms with Crippen molar-refractivity contribution < 1.29 is 66.4 Å². The predicted octanol–water partition coefficient (Wildman–Crippen LogP) is 2.91. The van der Waals surface area contributed by atoms with Gasteiger partial charge >= 0.3 is 6.09 Å². The average Bonchev–Trinajstić information content (AvgIpc) is 3.15. The minimum Gasteiger partial charge on any atom is -0.445 e. The summed E-state index contributed by atoms with van der Waals surface area (Å²) in [4.78, 5) is 11.6. The van der Waals surface area contributed by atoms with Crippen molar-refractivity contribution in [2.45, 2.75) is 26.4 Å². The molecular weight excluding hydrogens is 670 g/mol. The van der Waals surface area contributed by atoms with Crippen LogP contribution in [-0.2, 0) is 68.2 Å². The number of alkyl carbamates (subject to hydrolysis) is 1. The molecule has 0 unspecified atom stereocenters. The lowest BCUT2D eigenvalue weighted by Crippen LogP contribution is -2.28. The van der Waals surface area contributed by atoms with Crippen molar-refractivity contribution in [3.63, 3.8) is 0 Å². The van der Waals surface area contributed by atoms with Crippen LogP contribution >= 0.6 is 0 Å². The molecule has 0 bridgehead atoms. The molecule has 0 aromatic heterocycles. The van der Waals surface area contributed by atoms with Crippen molar-refractivity contribution in [1.29, 1.82) is 0 Å². The molecule has 1 amide bonds. The SMILES string of the molecule is CCCCOCCOCCOCCOCCOCCOCCOCCOCCOCCOCCOCCOCCNC(=O)OCc1ccccc1. The largest absolute Gasteiger partial charge is 0.445 e. The van der Waals surface area contributed by atoms with E-state index in [9.17, 15) is 4.79 Å². The minimum absolute atomic E-state index is 0.237. The molecule has 0 atom stereocenters. The Morgan fingerprint density at radius 2 is 0.725 bits per heavy atom. The van der Waals surface area contributed by atoms with Crippen molar-refractivity contribution in [2.24, 2.45) is 0 Å². The van der Waals surface area contributed by atoms with E-state index in [1.807, 2.05) is 30.3 Å². The molecule has 0 aliphatic heterocycles. The Labute approximate surface area is 305 Å². The molecule has 15 nitrogen and oxygen atoms in total. The number of hydrogen-bond acceptors (Lipinski definition) is 14. The average molecular weight is 736 g/mol. The van der Waals surface area contributed by atoms with Crippen LogP contribution in [0.15, 0.2) is 30.3 Å². The van der Waals surface area contributed by atoms with E-state index in [4.69, 9.17) is 61.6 Å². The van der Waals surface area contributed by atoms with Crippen LogP contribution in [0.2, 0.25) is 0 Å². The first-order valence-electron chi connectivity index (χ1n) is 18.2. The van der Waals surface area contributed by atoms with E-state index in [1.165, 1.54) is 0 Å². The van der Waals surface area contributed by atoms with Gasteiger partial charge in [-0.2, -0.15) is 0 Å². The Morgan fingerprint density at radius 3 is 1.04 bits per heavy atom. The number of benzene rings is 1. The smallest absolute Gasteiger partial charge is 0.407 e. The van der Waals surface area contributed by atoms with E-state index >= 15 is 0 Å². The highest BCUT2D eigenvalue weighted by atomic mass is 16.6. The Bertz CT molecular complexity index is 826. The van der Waals surface area contributed by atoms with Gasteiger partial charge in [0.15, 0.2) is 0 Å². The van der Waals surface area contributed by atoms with Crippen LogP contribution in [0.5, 0.6) is 0 Å². The van der Waals surface area contributed by atoms with Gasteiger partial charge < -0.3 is 66.9 Å². The number of rotatable bonds is 41. The topological polar surface area (TPSA) is 149 Å². The summed E-state index contributed by atoms with van der Waals surface area (Å²) in [6.07, 6.45) is 1.76. The van der Waals surface area contributed by atoms with Crippen LogP contribution < -0.4 is 5.32 Å². The molecule has 0 saturated heterocycles. The van der Waals surface area contributed by atoms with E-state index in [1.54, 1.807) is 0 Å². The van der Waals surface area contributed by atoms with Gasteiger partial charge in [-0.3, -0.25) is 0 Å². The molecular formula is C36H65NO14. The molecule has 1 N–H and O–H groups in total. The Kier molecular flexibility index (Phi) is 37.6. The first-order valence-corrected chi connectivity index (χ1v) is 18.2. The number of ether oxygens (including phenoxy) is 13. The highest BCUT2D eigenvalue weighted by Crippen LogP contribution is 2.00. The van der Waals surface area contributed by atoms with Crippen molar-refractivity contribution >= 4 is 6.09 Å². The van der Waals surface area contributed by atoms with Crippen LogP contribution in [-0.4, -0.2) is 171 Å². The first-order chi connectivity index (χ1) is 25.3. The van der Waals surface area contributed by atoms with E-state index in [0.29, 0.717) is 159 Å². The summed E-state index contributed by atoms with van der Waals surface area (Å²) in [5.41, 5.74) is 0.938. The third-order valence-electron chi connectivity index (χ3n) is 6.46. The maximum absolute atomic E-state index is 11.6. The van der Waals surface area contributed by atoms with Gasteiger partial charge in [-0.25, -0.2) is 4.79 Å². The predicted molar refractivity (Wildman–Crippen MR) is 189 cm³/mol. The van der Waals surface area contributed by atoms with Gasteiger partial charge in [0, 0.05) is 13.2 Å². The fourth-order valence-corrected chi connectivity index (χ4v) is 3.77. The number of carbonyl (C=O) groups excluding carboxylic acids is 1. The van der Waals surface area contributed by atoms with Crippen LogP contribution in [0.25, 0.3) is 0 Å². The Hall–Kier alpha value is -1.99. The zero-order valence-corrected chi connectivity index (χ0v) is 30.9. The van der Waals surface area contributed by atoms with E-state index < -0.39 is 6.09 Å². The summed E-state index contributed by atoms with van der Waals surface area (Å²) in [5.74, 6) is 0. The summed E-state index contributed by atoms with van der Waals surface area (Å²) >= 11 is 0. The van der Waals surface area contributed by atoms with Gasteiger partial charge in [-0.15, -0.1) is 0 Å². The quantitative estimate of drug-likeness (QED) is 0.0983. The van der Waals surface area contributed by atoms with Crippen molar-refractivity contribution in [3.8, 4) is 0 Å². The second kappa shape index (κ2) is 40.8. The van der Waals surface area contributed by atoms with Gasteiger partial charge in [-0.05, 0) is 12.0 Å². The highest BCUT2D eigenvalue weighted by Gasteiger charge is 2.02. The summed E-state index contributed by atoms with van der Waals surface area (Å²) in [6, 6.07) is 9.51. The third kappa shape index (κ3) is 37.6. The van der Waals surface area contributed by atoms with E-state index in [0.717, 1.165) is 25.0 Å². The lowest BCUT2D eigenvalue weighted by atomic mass is 10.2. The second-order valence-corrected chi connectivity index (χ2v) is 10.7. The Morgan fingerprint density at radius 1 is 0.431 bits per heavy atom. The van der Waals surface area contributed by atoms with Gasteiger partial charge in [0.2, 0.25) is 0 Å². The molecule has 0 aliphatic rings. The number of unbranched alkanes of at least 4 members (excludes halogenated alkanes) is 1. The Balaban J connectivity index is 1.62. The van der Waals surface area contributed by atoms with Crippen molar-refractivity contribution in [1.82, 2.24) is 5.32 Å². The number of nitrogens with one attached hydrogen (secondary N) is 1. The van der Waals surface area contributed by atoms with E-state index in [-0.39, 0.29) is 6.61 Å². The summed E-state index contributed by atoms with van der Waals surface area (Å²) < 4.78 is 70.7. The monoisotopic (exact) mass is 735 g/mol. The molecule has 51 heavy (non-hydrogen) atoms. The zero-order chi connectivity index (χ0) is 36.4.